The van der Waals surface area contributed by atoms with Gasteiger partial charge in [-0.2, -0.15) is 123 Å². The van der Waals surface area contributed by atoms with E-state index in [1.807, 2.05) is 170 Å². The summed E-state index contributed by atoms with van der Waals surface area (Å²) in [4.78, 5) is 10.5. The molecule has 10 rings (SSSR count). The molecule has 113 heavy (non-hydrogen) atoms. The zero-order valence-corrected chi connectivity index (χ0v) is 83.8. The summed E-state index contributed by atoms with van der Waals surface area (Å²) in [6.07, 6.45) is 7.62. The molecule has 0 spiro atoms. The van der Waals surface area contributed by atoms with Crippen LogP contribution in [0.2, 0.25) is 0 Å². The van der Waals surface area contributed by atoms with Gasteiger partial charge in [0.1, 0.15) is 12.2 Å². The van der Waals surface area contributed by atoms with E-state index in [-0.39, 0.29) is 31.7 Å². The number of nitrogens with zero attached hydrogens (tertiary/aromatic N) is 3. The summed E-state index contributed by atoms with van der Waals surface area (Å²) in [5, 5.41) is 9.23. The summed E-state index contributed by atoms with van der Waals surface area (Å²) in [5.41, 5.74) is 23.4. The van der Waals surface area contributed by atoms with Crippen LogP contribution >= 0.6 is 51.1 Å². The third-order valence-corrected chi connectivity index (χ3v) is 17.7. The first-order valence-electron chi connectivity index (χ1n) is 38.6. The number of nitrogens with one attached hydrogen (secondary N) is 1. The minimum atomic E-state index is -3.29. The van der Waals surface area contributed by atoms with E-state index in [1.165, 1.54) is 55.8 Å². The van der Waals surface area contributed by atoms with Crippen molar-refractivity contribution >= 4 is 79.6 Å². The van der Waals surface area contributed by atoms with Crippen molar-refractivity contribution in [3.05, 3.63) is 378 Å². The van der Waals surface area contributed by atoms with Crippen LogP contribution in [0.15, 0.2) is 276 Å². The molecule has 4 nitrogen and oxygen atoms in total. The molecule has 0 unspecified atom stereocenters. The number of para-hydroxylation sites is 3. The fourth-order valence-corrected chi connectivity index (χ4v) is 10.8. The van der Waals surface area contributed by atoms with Gasteiger partial charge < -0.3 is 10.6 Å². The fourth-order valence-electron chi connectivity index (χ4n) is 10.8. The second kappa shape index (κ2) is 57.8. The third kappa shape index (κ3) is 45.4. The molecule has 0 aliphatic heterocycles. The molecule has 0 heterocycles. The average molecular weight is 1870 g/mol. The summed E-state index contributed by atoms with van der Waals surface area (Å²) in [6.45, 7) is 69.8. The fraction of sp³-hybridized carbons (Fsp3) is 0.330. The smallest absolute Gasteiger partial charge is 4.00 e. The van der Waals surface area contributed by atoms with Gasteiger partial charge in [0, 0.05) is 29.3 Å². The molecule has 0 radical (unpaired) electrons. The molecule has 13 heteroatoms. The normalized spacial score (nSPS) is 11.6. The molecule has 1 N–H and O–H groups in total. The van der Waals surface area contributed by atoms with Gasteiger partial charge in [-0.05, 0) is 120 Å². The van der Waals surface area contributed by atoms with Gasteiger partial charge in [-0.25, -0.2) is 0 Å². The van der Waals surface area contributed by atoms with Crippen LogP contribution in [-0.2, 0) is 62.5 Å². The van der Waals surface area contributed by atoms with Crippen molar-refractivity contribution < 1.29 is 62.5 Å². The van der Waals surface area contributed by atoms with Crippen molar-refractivity contribution in [3.8, 4) is 0 Å². The van der Waals surface area contributed by atoms with Crippen molar-refractivity contribution in [3.63, 3.8) is 0 Å². The first-order valence-corrected chi connectivity index (χ1v) is 57.6. The summed E-state index contributed by atoms with van der Waals surface area (Å²) in [7, 11) is 30.0. The Morgan fingerprint density at radius 2 is 0.637 bits per heavy atom. The molecule has 0 bridgehead atoms. The van der Waals surface area contributed by atoms with Crippen LogP contribution in [0.5, 0.6) is 0 Å². The van der Waals surface area contributed by atoms with Gasteiger partial charge >= 0.3 is 114 Å². The SMILES string of the molecule is CC(=Nc1c(C(C)C)cccc1C(C)C)C(C)(C)NC1=C(C(C)C)C=[C+]C=C1C(C)C.CC(=Nc1c(C(C)C)cccc1C(C)C)C(C)(C)[N-]c1c(C(C)C)cccc1C(C)C.Cc1ccccc1.[CH2-]c1ccccc1.[CH2-]c1ccccc1.[CH2-]c1ccccc1.[CH2-]c1ccccc1.[CH2-]c1ccccc1.[Cl][Zr+2][Cl].[Cl][Zr]([Cl])([Cl])[Cl].[Zr+4]. The molecule has 0 fully saturated rings. The Labute approximate surface area is 745 Å². The topological polar surface area (TPSA) is 50.9 Å². The van der Waals surface area contributed by atoms with Crippen LogP contribution < -0.4 is 5.32 Å². The molecule has 0 saturated carbocycles. The Kier molecular flexibility index (Phi) is 55.1. The Bertz CT molecular complexity index is 3810. The minimum absolute atomic E-state index is 0. The van der Waals surface area contributed by atoms with E-state index >= 15 is 0 Å². The van der Waals surface area contributed by atoms with Crippen LogP contribution in [0.3, 0.4) is 0 Å². The van der Waals surface area contributed by atoms with Gasteiger partial charge in [-0.1, -0.05) is 234 Å². The quantitative estimate of drug-likeness (QED) is 0.0761. The number of rotatable bonds is 16. The van der Waals surface area contributed by atoms with Crippen molar-refractivity contribution in [1.29, 1.82) is 0 Å². The number of hydrogen-bond acceptors (Lipinski definition) is 3. The number of aliphatic imine (C=N–C) groups is 2. The van der Waals surface area contributed by atoms with Crippen molar-refractivity contribution in [1.82, 2.24) is 5.32 Å². The van der Waals surface area contributed by atoms with E-state index in [0.717, 1.165) is 56.3 Å². The second-order valence-corrected chi connectivity index (χ2v) is 56.9. The predicted octanol–water partition coefficient (Wildman–Crippen LogP) is 33.5. The molecule has 9 aromatic carbocycles. The number of aryl methyl sites for hydroxylation is 1. The van der Waals surface area contributed by atoms with Crippen LogP contribution in [0, 0.1) is 59.5 Å². The van der Waals surface area contributed by atoms with E-state index < -0.39 is 41.9 Å². The maximum Gasteiger partial charge on any atom is 4.00 e. The molecule has 0 saturated heterocycles. The van der Waals surface area contributed by atoms with Crippen LogP contribution in [-0.4, -0.2) is 22.5 Å². The van der Waals surface area contributed by atoms with E-state index in [9.17, 15) is 0 Å². The van der Waals surface area contributed by atoms with Gasteiger partial charge in [-0.15, -0.1) is 66.4 Å². The maximum absolute atomic E-state index is 5.35. The monoisotopic (exact) mass is 1870 g/mol. The number of allylic oxidation sites excluding steroid dienone is 5. The average Bonchev–Trinajstić information content (AvgIpc) is 0.799. The molecule has 0 atom stereocenters. The summed E-state index contributed by atoms with van der Waals surface area (Å²) in [6, 6.07) is 79.5. The zero-order chi connectivity index (χ0) is 84.9. The molecule has 0 amide bonds. The maximum atomic E-state index is 5.35. The number of benzene rings is 9. The summed E-state index contributed by atoms with van der Waals surface area (Å²) < 4.78 is 0. The van der Waals surface area contributed by atoms with E-state index in [1.54, 1.807) is 0 Å². The Morgan fingerprint density at radius 1 is 0.389 bits per heavy atom. The molecule has 0 aromatic heterocycles. The zero-order valence-electron chi connectivity index (χ0n) is 71.9. The Morgan fingerprint density at radius 3 is 0.850 bits per heavy atom. The van der Waals surface area contributed by atoms with Crippen LogP contribution in [0.25, 0.3) is 5.32 Å². The van der Waals surface area contributed by atoms with Gasteiger partial charge in [-0.3, -0.25) is 9.98 Å². The number of hydrogen-bond donors (Lipinski definition) is 1. The van der Waals surface area contributed by atoms with Crippen LogP contribution in [0.4, 0.5) is 17.1 Å². The van der Waals surface area contributed by atoms with Gasteiger partial charge in [0.15, 0.2) is 5.70 Å². The van der Waals surface area contributed by atoms with E-state index in [0.29, 0.717) is 47.3 Å². The van der Waals surface area contributed by atoms with Gasteiger partial charge in [0.2, 0.25) is 0 Å². The summed E-state index contributed by atoms with van der Waals surface area (Å²) >= 11 is -4.12. The third-order valence-electron chi connectivity index (χ3n) is 17.7. The Balaban J connectivity index is 0.00000138. The van der Waals surface area contributed by atoms with Crippen molar-refractivity contribution in [2.75, 3.05) is 0 Å². The van der Waals surface area contributed by atoms with Gasteiger partial charge in [0.25, 0.3) is 0 Å². The van der Waals surface area contributed by atoms with E-state index in [2.05, 4.69) is 284 Å². The molecular weight excluding hydrogens is 1740 g/mol. The summed E-state index contributed by atoms with van der Waals surface area (Å²) in [5.74, 6) is 3.45. The minimum Gasteiger partial charge on any atom is 4.00 e. The Hall–Kier alpha value is -5.21. The second-order valence-electron chi connectivity index (χ2n) is 30.7. The van der Waals surface area contributed by atoms with E-state index in [4.69, 9.17) is 66.4 Å². The standard InChI is InChI=1S/2C29H43N2.C7H8.5C7H7.6ClH.3Zr/c2*1-18(2)23-14-12-15-24(19(3)4)27(23)30-22(9)29(10,11)31-28-25(20(5)6)16-13-17-26(28)21(7)8;6*1-7-5-3-2-4-6-7;;;;;;;;;/h12,14-21,31H,1-11H3;12-21H,1-11H3;2-6H,1H3;5*2-6H,1H2;6*1H;;;/q+1;-1;;5*-1;;;;;;;3*+4/p-6. The predicted molar refractivity (Wildman–Crippen MR) is 497 cm³/mol. The van der Waals surface area contributed by atoms with Crippen molar-refractivity contribution in [2.24, 2.45) is 21.8 Å². The molecule has 1 aliphatic carbocycles. The van der Waals surface area contributed by atoms with Crippen LogP contribution in [0.1, 0.15) is 255 Å². The number of halogens is 6. The molecular formula is C100H129Cl6N4Zr3+. The molecule has 1 aliphatic rings. The first-order chi connectivity index (χ1) is 52.5. The van der Waals surface area contributed by atoms with Gasteiger partial charge in [0.05, 0.1) is 28.1 Å². The molecule has 602 valence electrons. The largest absolute Gasteiger partial charge is 4.00 e. The first kappa shape index (κ1) is 108. The van der Waals surface area contributed by atoms with Crippen molar-refractivity contribution in [2.45, 2.75) is 206 Å². The molecule has 9 aromatic rings.